The van der Waals surface area contributed by atoms with E-state index in [9.17, 15) is 9.90 Å². The van der Waals surface area contributed by atoms with Crippen LogP contribution >= 0.6 is 0 Å². The highest BCUT2D eigenvalue weighted by Crippen LogP contribution is 2.27. The Morgan fingerprint density at radius 1 is 1.39 bits per heavy atom. The van der Waals surface area contributed by atoms with E-state index in [0.717, 1.165) is 32.1 Å². The van der Waals surface area contributed by atoms with Crippen molar-refractivity contribution in [2.45, 2.75) is 37.7 Å². The van der Waals surface area contributed by atoms with Crippen LogP contribution in [0.5, 0.6) is 0 Å². The summed E-state index contributed by atoms with van der Waals surface area (Å²) in [6.07, 6.45) is 6.16. The molecule has 1 amide bonds. The summed E-state index contributed by atoms with van der Waals surface area (Å²) in [5.74, 6) is -0.269. The van der Waals surface area contributed by atoms with Gasteiger partial charge in [0.05, 0.1) is 17.5 Å². The van der Waals surface area contributed by atoms with Crippen LogP contribution < -0.4 is 11.1 Å². The highest BCUT2D eigenvalue weighted by atomic mass is 16.3. The summed E-state index contributed by atoms with van der Waals surface area (Å²) in [6.45, 7) is 0.290. The summed E-state index contributed by atoms with van der Waals surface area (Å²) >= 11 is 0. The minimum absolute atomic E-state index is 0.269. The summed E-state index contributed by atoms with van der Waals surface area (Å²) in [5.41, 5.74) is 5.60. The number of aromatic nitrogens is 1. The maximum absolute atomic E-state index is 11.8. The molecule has 98 valence electrons. The van der Waals surface area contributed by atoms with Crippen LogP contribution in [-0.2, 0) is 0 Å². The summed E-state index contributed by atoms with van der Waals surface area (Å²) in [6, 6.07) is 3.22. The maximum Gasteiger partial charge on any atom is 0.269 e. The molecule has 0 saturated heterocycles. The first-order valence-corrected chi connectivity index (χ1v) is 6.31. The first-order valence-electron chi connectivity index (χ1n) is 6.31. The molecule has 5 nitrogen and oxygen atoms in total. The van der Waals surface area contributed by atoms with Gasteiger partial charge in [0.25, 0.3) is 5.91 Å². The lowest BCUT2D eigenvalue weighted by Crippen LogP contribution is -2.44. The molecule has 1 aliphatic carbocycles. The van der Waals surface area contributed by atoms with Crippen molar-refractivity contribution in [2.24, 2.45) is 0 Å². The van der Waals surface area contributed by atoms with Crippen LogP contribution in [0.2, 0.25) is 0 Å². The number of nitrogen functional groups attached to an aromatic ring is 1. The van der Waals surface area contributed by atoms with Gasteiger partial charge in [-0.1, -0.05) is 19.3 Å². The molecular formula is C13H19N3O2. The van der Waals surface area contributed by atoms with Crippen LogP contribution in [0.3, 0.4) is 0 Å². The molecule has 1 fully saturated rings. The van der Waals surface area contributed by atoms with Crippen molar-refractivity contribution < 1.29 is 9.90 Å². The zero-order chi connectivity index (χ0) is 13.0. The Labute approximate surface area is 106 Å². The van der Waals surface area contributed by atoms with Crippen molar-refractivity contribution in [3.63, 3.8) is 0 Å². The third-order valence-corrected chi connectivity index (χ3v) is 3.38. The molecule has 0 bridgehead atoms. The molecule has 1 aromatic rings. The number of aliphatic hydroxyl groups is 1. The Balaban J connectivity index is 1.89. The number of hydrogen-bond donors (Lipinski definition) is 3. The number of nitrogens with one attached hydrogen (secondary N) is 1. The van der Waals surface area contributed by atoms with Gasteiger partial charge in [-0.05, 0) is 25.0 Å². The molecule has 0 aromatic carbocycles. The van der Waals surface area contributed by atoms with E-state index in [0.29, 0.717) is 11.4 Å². The Bertz CT molecular complexity index is 411. The lowest BCUT2D eigenvalue weighted by molar-refractivity contribution is 0.00521. The second-order valence-electron chi connectivity index (χ2n) is 4.94. The molecule has 1 aliphatic rings. The average Bonchev–Trinajstić information content (AvgIpc) is 2.38. The molecule has 0 atom stereocenters. The predicted molar refractivity (Wildman–Crippen MR) is 69.0 cm³/mol. The molecule has 0 aliphatic heterocycles. The van der Waals surface area contributed by atoms with Crippen molar-refractivity contribution in [1.82, 2.24) is 10.3 Å². The van der Waals surface area contributed by atoms with Crippen LogP contribution in [0.1, 0.15) is 42.6 Å². The van der Waals surface area contributed by atoms with Crippen LogP contribution in [0.15, 0.2) is 18.3 Å². The number of pyridine rings is 1. The van der Waals surface area contributed by atoms with Crippen molar-refractivity contribution in [1.29, 1.82) is 0 Å². The van der Waals surface area contributed by atoms with E-state index in [2.05, 4.69) is 10.3 Å². The number of anilines is 1. The van der Waals surface area contributed by atoms with Gasteiger partial charge in [-0.25, -0.2) is 4.98 Å². The monoisotopic (exact) mass is 249 g/mol. The third kappa shape index (κ3) is 3.20. The Hall–Kier alpha value is -1.62. The quantitative estimate of drug-likeness (QED) is 0.748. The van der Waals surface area contributed by atoms with Crippen molar-refractivity contribution in [3.05, 3.63) is 24.0 Å². The second kappa shape index (κ2) is 5.35. The van der Waals surface area contributed by atoms with Gasteiger partial charge in [-0.2, -0.15) is 0 Å². The minimum Gasteiger partial charge on any atom is -0.397 e. The molecule has 2 rings (SSSR count). The number of rotatable bonds is 3. The normalized spacial score (nSPS) is 18.3. The maximum atomic E-state index is 11.8. The van der Waals surface area contributed by atoms with E-state index >= 15 is 0 Å². The largest absolute Gasteiger partial charge is 0.397 e. The van der Waals surface area contributed by atoms with E-state index in [4.69, 9.17) is 5.73 Å². The fourth-order valence-electron chi connectivity index (χ4n) is 2.26. The minimum atomic E-state index is -0.748. The number of amides is 1. The Kier molecular flexibility index (Phi) is 3.81. The zero-order valence-corrected chi connectivity index (χ0v) is 10.4. The molecule has 1 aromatic heterocycles. The fourth-order valence-corrected chi connectivity index (χ4v) is 2.26. The Morgan fingerprint density at radius 3 is 2.72 bits per heavy atom. The molecule has 0 radical (unpaired) electrons. The van der Waals surface area contributed by atoms with Gasteiger partial charge in [-0.15, -0.1) is 0 Å². The second-order valence-corrected chi connectivity index (χ2v) is 4.94. The van der Waals surface area contributed by atoms with Gasteiger partial charge in [0.15, 0.2) is 0 Å². The standard InChI is InChI=1S/C13H19N3O2/c14-10-4-5-11(15-8-10)12(17)16-9-13(18)6-2-1-3-7-13/h4-5,8,18H,1-3,6-7,9,14H2,(H,16,17). The van der Waals surface area contributed by atoms with Crippen LogP contribution in [0.4, 0.5) is 5.69 Å². The average molecular weight is 249 g/mol. The SMILES string of the molecule is Nc1ccc(C(=O)NCC2(O)CCCCC2)nc1. The molecular weight excluding hydrogens is 230 g/mol. The van der Waals surface area contributed by atoms with Gasteiger partial charge < -0.3 is 16.2 Å². The van der Waals surface area contributed by atoms with Gasteiger partial charge in [0.2, 0.25) is 0 Å². The topological polar surface area (TPSA) is 88.2 Å². The van der Waals surface area contributed by atoms with E-state index < -0.39 is 5.60 Å². The third-order valence-electron chi connectivity index (χ3n) is 3.38. The number of carbonyl (C=O) groups is 1. The van der Waals surface area contributed by atoms with Crippen LogP contribution in [0.25, 0.3) is 0 Å². The highest BCUT2D eigenvalue weighted by molar-refractivity contribution is 5.92. The summed E-state index contributed by atoms with van der Waals surface area (Å²) in [5, 5.41) is 13.0. The van der Waals surface area contributed by atoms with E-state index in [1.165, 1.54) is 6.20 Å². The van der Waals surface area contributed by atoms with Crippen molar-refractivity contribution in [3.8, 4) is 0 Å². The Morgan fingerprint density at radius 2 is 2.11 bits per heavy atom. The molecule has 1 saturated carbocycles. The van der Waals surface area contributed by atoms with E-state index in [1.54, 1.807) is 12.1 Å². The highest BCUT2D eigenvalue weighted by Gasteiger charge is 2.29. The molecule has 5 heteroatoms. The molecule has 0 spiro atoms. The van der Waals surface area contributed by atoms with Gasteiger partial charge >= 0.3 is 0 Å². The van der Waals surface area contributed by atoms with Crippen molar-refractivity contribution >= 4 is 11.6 Å². The summed E-state index contributed by atoms with van der Waals surface area (Å²) in [7, 11) is 0. The first-order chi connectivity index (χ1) is 8.59. The van der Waals surface area contributed by atoms with Crippen LogP contribution in [0, 0.1) is 0 Å². The molecule has 18 heavy (non-hydrogen) atoms. The van der Waals surface area contributed by atoms with Gasteiger partial charge in [0.1, 0.15) is 5.69 Å². The van der Waals surface area contributed by atoms with Gasteiger partial charge in [0, 0.05) is 6.54 Å². The first kappa shape index (κ1) is 12.8. The summed E-state index contributed by atoms with van der Waals surface area (Å²) < 4.78 is 0. The van der Waals surface area contributed by atoms with Crippen molar-refractivity contribution in [2.75, 3.05) is 12.3 Å². The molecule has 1 heterocycles. The van der Waals surface area contributed by atoms with Crippen LogP contribution in [-0.4, -0.2) is 28.1 Å². The van der Waals surface area contributed by atoms with E-state index in [-0.39, 0.29) is 12.5 Å². The zero-order valence-electron chi connectivity index (χ0n) is 10.4. The summed E-state index contributed by atoms with van der Waals surface area (Å²) in [4.78, 5) is 15.8. The number of carbonyl (C=O) groups excluding carboxylic acids is 1. The molecule has 0 unspecified atom stereocenters. The smallest absolute Gasteiger partial charge is 0.269 e. The number of hydrogen-bond acceptors (Lipinski definition) is 4. The molecule has 4 N–H and O–H groups in total. The lowest BCUT2D eigenvalue weighted by Gasteiger charge is -2.32. The number of nitrogens with zero attached hydrogens (tertiary/aromatic N) is 1. The number of nitrogens with two attached hydrogens (primary N) is 1. The van der Waals surface area contributed by atoms with Gasteiger partial charge in [-0.3, -0.25) is 4.79 Å². The fraction of sp³-hybridized carbons (Fsp3) is 0.538. The lowest BCUT2D eigenvalue weighted by atomic mass is 9.85. The predicted octanol–water partition coefficient (Wildman–Crippen LogP) is 1.09. The van der Waals surface area contributed by atoms with E-state index in [1.807, 2.05) is 0 Å².